The van der Waals surface area contributed by atoms with E-state index in [0.29, 0.717) is 11.4 Å². The first-order valence-electron chi connectivity index (χ1n) is 5.65. The molecule has 1 aromatic carbocycles. The minimum Gasteiger partial charge on any atom is -0.464 e. The van der Waals surface area contributed by atoms with E-state index in [4.69, 9.17) is 11.6 Å². The number of aryl methyl sites for hydroxylation is 1. The van der Waals surface area contributed by atoms with E-state index in [1.165, 1.54) is 31.4 Å². The van der Waals surface area contributed by atoms with Crippen molar-refractivity contribution in [2.75, 3.05) is 12.4 Å². The fourth-order valence-electron chi connectivity index (χ4n) is 1.54. The van der Waals surface area contributed by atoms with Crippen molar-refractivity contribution < 1.29 is 13.9 Å². The topological polar surface area (TPSA) is 64.1 Å². The molecule has 5 nitrogen and oxygen atoms in total. The van der Waals surface area contributed by atoms with Gasteiger partial charge in [-0.3, -0.25) is 0 Å². The molecule has 20 heavy (non-hydrogen) atoms. The molecule has 0 saturated heterocycles. The lowest BCUT2D eigenvalue weighted by Gasteiger charge is -2.08. The van der Waals surface area contributed by atoms with E-state index in [-0.39, 0.29) is 16.7 Å². The molecule has 104 valence electrons. The first-order valence-corrected chi connectivity index (χ1v) is 6.03. The summed E-state index contributed by atoms with van der Waals surface area (Å²) < 4.78 is 17.7. The van der Waals surface area contributed by atoms with E-state index in [1.54, 1.807) is 6.92 Å². The lowest BCUT2D eigenvalue weighted by molar-refractivity contribution is 0.0594. The molecule has 0 radical (unpaired) electrons. The van der Waals surface area contributed by atoms with Crippen LogP contribution in [0.3, 0.4) is 0 Å². The molecule has 0 atom stereocenters. The van der Waals surface area contributed by atoms with Crippen molar-refractivity contribution >= 4 is 29.2 Å². The van der Waals surface area contributed by atoms with E-state index in [1.807, 2.05) is 0 Å². The van der Waals surface area contributed by atoms with E-state index in [2.05, 4.69) is 20.0 Å². The molecule has 1 N–H and O–H groups in total. The summed E-state index contributed by atoms with van der Waals surface area (Å²) in [5.74, 6) is -0.874. The Hall–Kier alpha value is -2.21. The Balaban J connectivity index is 2.31. The van der Waals surface area contributed by atoms with Gasteiger partial charge in [-0.25, -0.2) is 19.2 Å². The van der Waals surface area contributed by atoms with Crippen molar-refractivity contribution in [1.29, 1.82) is 0 Å². The second-order valence-corrected chi connectivity index (χ2v) is 4.37. The third-order valence-electron chi connectivity index (χ3n) is 2.42. The van der Waals surface area contributed by atoms with Crippen LogP contribution < -0.4 is 5.32 Å². The smallest absolute Gasteiger partial charge is 0.356 e. The number of nitrogens with one attached hydrogen (secondary N) is 1. The number of hydrogen-bond donors (Lipinski definition) is 1. The van der Waals surface area contributed by atoms with Crippen LogP contribution in [-0.2, 0) is 4.74 Å². The molecule has 0 aliphatic heterocycles. The van der Waals surface area contributed by atoms with Gasteiger partial charge in [0.1, 0.15) is 5.82 Å². The molecule has 0 amide bonds. The predicted octanol–water partition coefficient (Wildman–Crippen LogP) is 3.11. The lowest BCUT2D eigenvalue weighted by Crippen LogP contribution is -2.08. The molecule has 2 rings (SSSR count). The van der Waals surface area contributed by atoms with Crippen molar-refractivity contribution in [3.63, 3.8) is 0 Å². The van der Waals surface area contributed by atoms with Crippen molar-refractivity contribution in [3.8, 4) is 0 Å². The number of esters is 1. The van der Waals surface area contributed by atoms with Gasteiger partial charge < -0.3 is 10.1 Å². The summed E-state index contributed by atoms with van der Waals surface area (Å²) in [6.07, 6.45) is 0. The first-order chi connectivity index (χ1) is 9.49. The van der Waals surface area contributed by atoms with Gasteiger partial charge >= 0.3 is 5.97 Å². The zero-order valence-corrected chi connectivity index (χ0v) is 11.5. The van der Waals surface area contributed by atoms with E-state index in [0.717, 1.165) is 0 Å². The predicted molar refractivity (Wildman–Crippen MR) is 72.8 cm³/mol. The van der Waals surface area contributed by atoms with E-state index < -0.39 is 11.8 Å². The molecule has 0 aliphatic rings. The summed E-state index contributed by atoms with van der Waals surface area (Å²) in [4.78, 5) is 19.6. The molecule has 0 unspecified atom stereocenters. The number of nitrogens with zero attached hydrogens (tertiary/aromatic N) is 2. The largest absolute Gasteiger partial charge is 0.464 e. The van der Waals surface area contributed by atoms with Crippen molar-refractivity contribution in [1.82, 2.24) is 9.97 Å². The quantitative estimate of drug-likeness (QED) is 0.882. The van der Waals surface area contributed by atoms with Crippen molar-refractivity contribution in [2.45, 2.75) is 6.92 Å². The summed E-state index contributed by atoms with van der Waals surface area (Å²) in [5.41, 5.74) is 1.24. The van der Waals surface area contributed by atoms with Gasteiger partial charge in [0, 0.05) is 11.4 Å². The molecular formula is C13H11ClFN3O2. The third kappa shape index (κ3) is 3.21. The Labute approximate surface area is 119 Å². The number of rotatable bonds is 3. The molecule has 0 saturated carbocycles. The van der Waals surface area contributed by atoms with Crippen LogP contribution in [0.4, 0.5) is 16.0 Å². The number of aromatic nitrogens is 2. The zero-order valence-electron chi connectivity index (χ0n) is 10.8. The molecule has 1 heterocycles. The molecule has 0 bridgehead atoms. The maximum atomic E-state index is 13.1. The maximum Gasteiger partial charge on any atom is 0.356 e. The summed E-state index contributed by atoms with van der Waals surface area (Å²) in [6.45, 7) is 1.72. The van der Waals surface area contributed by atoms with Crippen LogP contribution in [0.5, 0.6) is 0 Å². The van der Waals surface area contributed by atoms with Gasteiger partial charge in [0.2, 0.25) is 5.95 Å². The van der Waals surface area contributed by atoms with E-state index >= 15 is 0 Å². The Morgan fingerprint density at radius 3 is 2.75 bits per heavy atom. The minimum atomic E-state index is -0.560. The summed E-state index contributed by atoms with van der Waals surface area (Å²) in [7, 11) is 1.27. The second-order valence-electron chi connectivity index (χ2n) is 3.96. The Kier molecular flexibility index (Phi) is 4.14. The van der Waals surface area contributed by atoms with Crippen LogP contribution in [0.25, 0.3) is 0 Å². The Morgan fingerprint density at radius 1 is 1.35 bits per heavy atom. The zero-order chi connectivity index (χ0) is 14.7. The van der Waals surface area contributed by atoms with Crippen molar-refractivity contribution in [2.24, 2.45) is 0 Å². The number of carbonyl (C=O) groups excluding carboxylic acids is 1. The SMILES string of the molecule is COC(=O)c1cc(C)nc(Nc2ccc(F)c(Cl)c2)n1. The van der Waals surface area contributed by atoms with E-state index in [9.17, 15) is 9.18 Å². The van der Waals surface area contributed by atoms with Gasteiger partial charge in [0.05, 0.1) is 12.1 Å². The Bertz CT molecular complexity index is 664. The molecule has 2 aromatic rings. The summed E-state index contributed by atoms with van der Waals surface area (Å²) >= 11 is 5.69. The number of hydrogen-bond acceptors (Lipinski definition) is 5. The molecular weight excluding hydrogens is 285 g/mol. The highest BCUT2D eigenvalue weighted by Crippen LogP contribution is 2.21. The highest BCUT2D eigenvalue weighted by Gasteiger charge is 2.11. The summed E-state index contributed by atoms with van der Waals surface area (Å²) in [6, 6.07) is 5.63. The van der Waals surface area contributed by atoms with Crippen LogP contribution in [0.1, 0.15) is 16.2 Å². The molecule has 0 fully saturated rings. The highest BCUT2D eigenvalue weighted by molar-refractivity contribution is 6.31. The van der Waals surface area contributed by atoms with Gasteiger partial charge in [0.25, 0.3) is 0 Å². The van der Waals surface area contributed by atoms with Gasteiger partial charge in [0.15, 0.2) is 5.69 Å². The number of ether oxygens (including phenoxy) is 1. The number of benzene rings is 1. The summed E-state index contributed by atoms with van der Waals surface area (Å²) in [5, 5.41) is 2.83. The average Bonchev–Trinajstić information content (AvgIpc) is 2.41. The highest BCUT2D eigenvalue weighted by atomic mass is 35.5. The maximum absolute atomic E-state index is 13.1. The lowest BCUT2D eigenvalue weighted by atomic mass is 10.3. The number of carbonyl (C=O) groups is 1. The van der Waals surface area contributed by atoms with Crippen LogP contribution in [-0.4, -0.2) is 23.0 Å². The van der Waals surface area contributed by atoms with Crippen LogP contribution in [0.2, 0.25) is 5.02 Å². The van der Waals surface area contributed by atoms with Gasteiger partial charge in [-0.15, -0.1) is 0 Å². The normalized spacial score (nSPS) is 10.2. The number of halogens is 2. The first kappa shape index (κ1) is 14.2. The van der Waals surface area contributed by atoms with Crippen LogP contribution in [0.15, 0.2) is 24.3 Å². The van der Waals surface area contributed by atoms with Gasteiger partial charge in [-0.2, -0.15) is 0 Å². The van der Waals surface area contributed by atoms with Gasteiger partial charge in [-0.05, 0) is 31.2 Å². The molecule has 7 heteroatoms. The van der Waals surface area contributed by atoms with Crippen LogP contribution >= 0.6 is 11.6 Å². The molecule has 0 aliphatic carbocycles. The third-order valence-corrected chi connectivity index (χ3v) is 2.71. The number of anilines is 2. The van der Waals surface area contributed by atoms with Gasteiger partial charge in [-0.1, -0.05) is 11.6 Å². The Morgan fingerprint density at radius 2 is 2.10 bits per heavy atom. The fraction of sp³-hybridized carbons (Fsp3) is 0.154. The minimum absolute atomic E-state index is 0.0177. The molecule has 0 spiro atoms. The monoisotopic (exact) mass is 295 g/mol. The van der Waals surface area contributed by atoms with Crippen molar-refractivity contribution in [3.05, 3.63) is 46.5 Å². The fourth-order valence-corrected chi connectivity index (χ4v) is 1.72. The second kappa shape index (κ2) is 5.83. The standard InChI is InChI=1S/C13H11ClFN3O2/c1-7-5-11(12(19)20-2)18-13(16-7)17-8-3-4-10(15)9(14)6-8/h3-6H,1-2H3,(H,16,17,18). The molecule has 1 aromatic heterocycles. The average molecular weight is 296 g/mol. The number of methoxy groups -OCH3 is 1. The van der Waals surface area contributed by atoms with Crippen LogP contribution in [0, 0.1) is 12.7 Å².